The second kappa shape index (κ2) is 15.7. The average molecular weight is 630 g/mol. The van der Waals surface area contributed by atoms with E-state index in [1.807, 2.05) is 24.3 Å². The summed E-state index contributed by atoms with van der Waals surface area (Å²) < 4.78 is 16.7. The molecule has 4 N–H and O–H groups in total. The fourth-order valence-electron chi connectivity index (χ4n) is 5.00. The highest BCUT2D eigenvalue weighted by atomic mass is 35.5. The molecule has 5 rings (SSSR count). The van der Waals surface area contributed by atoms with E-state index < -0.39 is 34.6 Å². The van der Waals surface area contributed by atoms with Crippen molar-refractivity contribution in [2.45, 2.75) is 40.0 Å². The molecule has 44 heavy (non-hydrogen) atoms. The van der Waals surface area contributed by atoms with Crippen LogP contribution in [0.5, 0.6) is 34.5 Å². The topological polar surface area (TPSA) is 146 Å². The quantitative estimate of drug-likeness (QED) is 0.142. The third-order valence-corrected chi connectivity index (χ3v) is 7.43. The van der Waals surface area contributed by atoms with Gasteiger partial charge in [-0.25, -0.2) is 0 Å². The van der Waals surface area contributed by atoms with Crippen LogP contribution >= 0.6 is 12.4 Å². The second-order valence-electron chi connectivity index (χ2n) is 10.6. The number of ether oxygens (including phenoxy) is 3. The van der Waals surface area contributed by atoms with Crippen LogP contribution < -0.4 is 9.47 Å². The first kappa shape index (κ1) is 34.5. The standard InChI is InChI=1S/C17H27NO3.C16H12O6.ClH/c1-2-3-12-20-16-5-7-17(8-6-16)21-13-4-9-18-10-14-19-15-11-18;1-5-3-7(17)9-11(13(5)19)15(21)10-8(18)4-6(2)14(20)12(10)16(9)22;/h5-8H,2-4,9-15H2,1H3;3-4,17-20H,1-2H3;1H. The molecule has 1 fully saturated rings. The molecule has 0 atom stereocenters. The second-order valence-corrected chi connectivity index (χ2v) is 10.6. The third kappa shape index (κ3) is 7.74. The molecule has 0 spiro atoms. The van der Waals surface area contributed by atoms with E-state index in [2.05, 4.69) is 11.8 Å². The number of hydrogen-bond donors (Lipinski definition) is 4. The van der Waals surface area contributed by atoms with Crippen LogP contribution in [0.2, 0.25) is 0 Å². The van der Waals surface area contributed by atoms with Crippen molar-refractivity contribution in [1.29, 1.82) is 0 Å². The highest BCUT2D eigenvalue weighted by molar-refractivity contribution is 6.32. The molecule has 0 unspecified atom stereocenters. The molecule has 0 aromatic heterocycles. The summed E-state index contributed by atoms with van der Waals surface area (Å²) in [7, 11) is 0. The van der Waals surface area contributed by atoms with Gasteiger partial charge in [0.05, 0.1) is 48.7 Å². The number of aryl methyl sites for hydroxylation is 2. The Kier molecular flexibility index (Phi) is 12.3. The highest BCUT2D eigenvalue weighted by Crippen LogP contribution is 2.45. The monoisotopic (exact) mass is 629 g/mol. The van der Waals surface area contributed by atoms with E-state index in [1.54, 1.807) is 0 Å². The number of hydrogen-bond acceptors (Lipinski definition) is 10. The van der Waals surface area contributed by atoms with Crippen molar-refractivity contribution >= 4 is 24.0 Å². The van der Waals surface area contributed by atoms with Crippen LogP contribution in [0.3, 0.4) is 0 Å². The summed E-state index contributed by atoms with van der Waals surface area (Å²) >= 11 is 0. The number of nitrogens with zero attached hydrogens (tertiary/aromatic N) is 1. The number of rotatable bonds is 9. The lowest BCUT2D eigenvalue weighted by Gasteiger charge is -2.26. The Morgan fingerprint density at radius 2 is 1.16 bits per heavy atom. The first-order chi connectivity index (χ1) is 20.6. The van der Waals surface area contributed by atoms with E-state index in [-0.39, 0.29) is 45.8 Å². The molecule has 10 nitrogen and oxygen atoms in total. The molecule has 2 aliphatic rings. The predicted molar refractivity (Wildman–Crippen MR) is 167 cm³/mol. The average Bonchev–Trinajstić information content (AvgIpc) is 2.99. The van der Waals surface area contributed by atoms with E-state index in [0.717, 1.165) is 89.0 Å². The number of benzene rings is 3. The molecule has 0 bridgehead atoms. The normalized spacial score (nSPS) is 14.1. The predicted octanol–water partition coefficient (Wildman–Crippen LogP) is 5.29. The first-order valence-electron chi connectivity index (χ1n) is 14.5. The van der Waals surface area contributed by atoms with Crippen molar-refractivity contribution < 1.29 is 44.2 Å². The van der Waals surface area contributed by atoms with Crippen molar-refractivity contribution in [2.24, 2.45) is 0 Å². The summed E-state index contributed by atoms with van der Waals surface area (Å²) in [6.07, 6.45) is 3.30. The number of carbonyl (C=O) groups is 2. The lowest BCUT2D eigenvalue weighted by molar-refractivity contribution is 0.0358. The van der Waals surface area contributed by atoms with Crippen LogP contribution in [0, 0.1) is 13.8 Å². The number of phenols is 4. The minimum Gasteiger partial charge on any atom is -0.507 e. The summed E-state index contributed by atoms with van der Waals surface area (Å²) in [4.78, 5) is 27.6. The van der Waals surface area contributed by atoms with Crippen molar-refractivity contribution in [3.63, 3.8) is 0 Å². The molecule has 0 amide bonds. The zero-order valence-electron chi connectivity index (χ0n) is 25.2. The molecular formula is C33H40ClNO9. The number of halogens is 1. The molecule has 0 saturated carbocycles. The lowest BCUT2D eigenvalue weighted by atomic mass is 9.80. The first-order valence-corrected chi connectivity index (χ1v) is 14.5. The fraction of sp³-hybridized carbons (Fsp3) is 0.394. The zero-order chi connectivity index (χ0) is 31.1. The minimum atomic E-state index is -0.825. The van der Waals surface area contributed by atoms with Crippen molar-refractivity contribution in [3.05, 3.63) is 69.8 Å². The molecule has 238 valence electrons. The summed E-state index contributed by atoms with van der Waals surface area (Å²) in [6, 6.07) is 10.3. The number of unbranched alkanes of at least 4 members (excludes halogenated alkanes) is 1. The van der Waals surface area contributed by atoms with Gasteiger partial charge in [0, 0.05) is 19.6 Å². The zero-order valence-corrected chi connectivity index (χ0v) is 26.0. The summed E-state index contributed by atoms with van der Waals surface area (Å²) in [5, 5.41) is 40.1. The van der Waals surface area contributed by atoms with Crippen molar-refractivity contribution in [3.8, 4) is 34.5 Å². The number of ketones is 2. The number of aromatic hydroxyl groups is 4. The molecule has 0 radical (unpaired) electrons. The van der Waals surface area contributed by atoms with E-state index in [1.165, 1.54) is 13.8 Å². The maximum absolute atomic E-state index is 12.6. The summed E-state index contributed by atoms with van der Waals surface area (Å²) in [5.41, 5.74) is -1.04. The Bertz CT molecular complexity index is 1390. The van der Waals surface area contributed by atoms with E-state index in [9.17, 15) is 30.0 Å². The van der Waals surface area contributed by atoms with Gasteiger partial charge in [0.1, 0.15) is 34.5 Å². The van der Waals surface area contributed by atoms with E-state index in [0.29, 0.717) is 0 Å². The van der Waals surface area contributed by atoms with Gasteiger partial charge in [-0.1, -0.05) is 13.3 Å². The van der Waals surface area contributed by atoms with Crippen LogP contribution in [0.15, 0.2) is 36.4 Å². The van der Waals surface area contributed by atoms with Crippen LogP contribution in [0.25, 0.3) is 0 Å². The summed E-state index contributed by atoms with van der Waals surface area (Å²) in [5.74, 6) is -1.61. The van der Waals surface area contributed by atoms with Gasteiger partial charge in [-0.2, -0.15) is 0 Å². The van der Waals surface area contributed by atoms with Crippen molar-refractivity contribution in [1.82, 2.24) is 4.90 Å². The molecule has 3 aromatic rings. The van der Waals surface area contributed by atoms with Gasteiger partial charge in [0.2, 0.25) is 11.6 Å². The van der Waals surface area contributed by atoms with Gasteiger partial charge in [-0.05, 0) is 74.2 Å². The van der Waals surface area contributed by atoms with Gasteiger partial charge < -0.3 is 34.6 Å². The molecule has 3 aromatic carbocycles. The van der Waals surface area contributed by atoms with Gasteiger partial charge in [0.15, 0.2) is 0 Å². The van der Waals surface area contributed by atoms with Gasteiger partial charge in [-0.3, -0.25) is 14.5 Å². The number of phenolic OH excluding ortho intramolecular Hbond substituents is 4. The smallest absolute Gasteiger partial charge is 0.202 e. The van der Waals surface area contributed by atoms with Crippen LogP contribution in [-0.4, -0.2) is 83.0 Å². The fourth-order valence-corrected chi connectivity index (χ4v) is 5.00. The molecule has 1 aliphatic heterocycles. The Labute approximate surface area is 263 Å². The highest BCUT2D eigenvalue weighted by Gasteiger charge is 2.39. The number of morpholine rings is 1. The Morgan fingerprint density at radius 3 is 1.59 bits per heavy atom. The van der Waals surface area contributed by atoms with E-state index in [4.69, 9.17) is 14.2 Å². The molecular weight excluding hydrogens is 590 g/mol. The molecule has 1 heterocycles. The Morgan fingerprint density at radius 1 is 0.727 bits per heavy atom. The minimum absolute atomic E-state index is 0. The maximum atomic E-state index is 12.6. The van der Waals surface area contributed by atoms with Crippen molar-refractivity contribution in [2.75, 3.05) is 46.1 Å². The summed E-state index contributed by atoms with van der Waals surface area (Å²) in [6.45, 7) is 11.5. The molecule has 11 heteroatoms. The van der Waals surface area contributed by atoms with Gasteiger partial charge >= 0.3 is 0 Å². The van der Waals surface area contributed by atoms with Gasteiger partial charge in [-0.15, -0.1) is 12.4 Å². The maximum Gasteiger partial charge on any atom is 0.202 e. The Hall–Kier alpha value is -3.99. The van der Waals surface area contributed by atoms with Crippen LogP contribution in [0.4, 0.5) is 0 Å². The third-order valence-electron chi connectivity index (χ3n) is 7.43. The molecule has 1 saturated heterocycles. The largest absolute Gasteiger partial charge is 0.507 e. The number of carbonyl (C=O) groups excluding carboxylic acids is 2. The molecule has 1 aliphatic carbocycles. The Balaban J connectivity index is 0.000000235. The number of fused-ring (bicyclic) bond motifs is 2. The van der Waals surface area contributed by atoms with Crippen LogP contribution in [0.1, 0.15) is 69.2 Å². The SMILES string of the molecule is CCCCOc1ccc(OCCCN2CCOCC2)cc1.Cc1cc(O)c2c(c1O)C(=O)c1c(O)cc(C)c(O)c1C2=O.Cl. The van der Waals surface area contributed by atoms with Gasteiger partial charge in [0.25, 0.3) is 0 Å². The van der Waals surface area contributed by atoms with Crippen LogP contribution in [-0.2, 0) is 4.74 Å². The lowest BCUT2D eigenvalue weighted by Crippen LogP contribution is -2.37. The van der Waals surface area contributed by atoms with E-state index >= 15 is 0 Å².